The first kappa shape index (κ1) is 10.8. The SMILES string of the molecule is C1=CCN(c2ccccc2-c2ccccc2)C=C1. The summed E-state index contributed by atoms with van der Waals surface area (Å²) < 4.78 is 0. The van der Waals surface area contributed by atoms with Crippen LogP contribution in [0.4, 0.5) is 5.69 Å². The molecule has 1 aliphatic heterocycles. The molecule has 2 aromatic rings. The number of rotatable bonds is 2. The van der Waals surface area contributed by atoms with E-state index in [0.29, 0.717) is 0 Å². The molecular formula is C17H15N. The number of hydrogen-bond donors (Lipinski definition) is 0. The Balaban J connectivity index is 2.05. The highest BCUT2D eigenvalue weighted by atomic mass is 15.1. The molecular weight excluding hydrogens is 218 g/mol. The van der Waals surface area contributed by atoms with Gasteiger partial charge in [0, 0.05) is 24.0 Å². The zero-order chi connectivity index (χ0) is 12.2. The van der Waals surface area contributed by atoms with Crippen LogP contribution in [0.15, 0.2) is 79.0 Å². The fourth-order valence-electron chi connectivity index (χ4n) is 2.23. The standard InChI is InChI=1S/C17H15N/c1-3-9-15(10-4-1)16-11-5-6-12-17(16)18-13-7-2-8-14-18/h1-13H,14H2. The van der Waals surface area contributed by atoms with Crippen molar-refractivity contribution in [3.63, 3.8) is 0 Å². The Labute approximate surface area is 108 Å². The average Bonchev–Trinajstić information content (AvgIpc) is 2.49. The zero-order valence-corrected chi connectivity index (χ0v) is 10.2. The summed E-state index contributed by atoms with van der Waals surface area (Å²) >= 11 is 0. The fraction of sp³-hybridized carbons (Fsp3) is 0.0588. The molecule has 0 unspecified atom stereocenters. The lowest BCUT2D eigenvalue weighted by Crippen LogP contribution is -2.18. The smallest absolute Gasteiger partial charge is 0.0488 e. The topological polar surface area (TPSA) is 3.24 Å². The number of hydrogen-bond acceptors (Lipinski definition) is 1. The maximum absolute atomic E-state index is 2.27. The Morgan fingerprint density at radius 1 is 0.778 bits per heavy atom. The second-order valence-electron chi connectivity index (χ2n) is 4.31. The van der Waals surface area contributed by atoms with Crippen molar-refractivity contribution in [3.8, 4) is 11.1 Å². The molecule has 0 amide bonds. The molecule has 0 saturated carbocycles. The molecule has 0 saturated heterocycles. The molecule has 2 aromatic carbocycles. The highest BCUT2D eigenvalue weighted by molar-refractivity contribution is 5.79. The highest BCUT2D eigenvalue weighted by Gasteiger charge is 2.09. The van der Waals surface area contributed by atoms with E-state index < -0.39 is 0 Å². The van der Waals surface area contributed by atoms with Crippen LogP contribution in [0.2, 0.25) is 0 Å². The van der Waals surface area contributed by atoms with Crippen molar-refractivity contribution in [2.75, 3.05) is 11.4 Å². The summed E-state index contributed by atoms with van der Waals surface area (Å²) in [5, 5.41) is 0. The average molecular weight is 233 g/mol. The van der Waals surface area contributed by atoms with E-state index in [2.05, 4.69) is 83.9 Å². The van der Waals surface area contributed by atoms with Crippen molar-refractivity contribution in [2.45, 2.75) is 0 Å². The Hall–Kier alpha value is -2.28. The van der Waals surface area contributed by atoms with Gasteiger partial charge in [0.05, 0.1) is 0 Å². The van der Waals surface area contributed by atoms with Gasteiger partial charge in [-0.3, -0.25) is 0 Å². The minimum atomic E-state index is 0.931. The molecule has 0 fully saturated rings. The zero-order valence-electron chi connectivity index (χ0n) is 10.2. The van der Waals surface area contributed by atoms with Crippen LogP contribution in [0.25, 0.3) is 11.1 Å². The number of anilines is 1. The number of para-hydroxylation sites is 1. The first-order valence-corrected chi connectivity index (χ1v) is 6.19. The minimum Gasteiger partial charge on any atom is -0.344 e. The molecule has 0 aromatic heterocycles. The van der Waals surface area contributed by atoms with Crippen LogP contribution in [0.5, 0.6) is 0 Å². The summed E-state index contributed by atoms with van der Waals surface area (Å²) in [6, 6.07) is 19.1. The summed E-state index contributed by atoms with van der Waals surface area (Å²) in [5.74, 6) is 0. The quantitative estimate of drug-likeness (QED) is 0.749. The van der Waals surface area contributed by atoms with Crippen molar-refractivity contribution < 1.29 is 0 Å². The maximum atomic E-state index is 2.27. The normalized spacial score (nSPS) is 13.9. The molecule has 88 valence electrons. The molecule has 0 bridgehead atoms. The van der Waals surface area contributed by atoms with Crippen molar-refractivity contribution in [1.29, 1.82) is 0 Å². The van der Waals surface area contributed by atoms with Crippen molar-refractivity contribution in [3.05, 3.63) is 79.0 Å². The predicted molar refractivity (Wildman–Crippen MR) is 77.5 cm³/mol. The minimum absolute atomic E-state index is 0.931. The third-order valence-electron chi connectivity index (χ3n) is 3.11. The van der Waals surface area contributed by atoms with Gasteiger partial charge in [0.2, 0.25) is 0 Å². The van der Waals surface area contributed by atoms with Gasteiger partial charge in [-0.25, -0.2) is 0 Å². The highest BCUT2D eigenvalue weighted by Crippen LogP contribution is 2.31. The van der Waals surface area contributed by atoms with Crippen LogP contribution in [0.3, 0.4) is 0 Å². The number of nitrogens with zero attached hydrogens (tertiary/aromatic N) is 1. The van der Waals surface area contributed by atoms with Crippen LogP contribution in [-0.2, 0) is 0 Å². The van der Waals surface area contributed by atoms with Crippen molar-refractivity contribution >= 4 is 5.69 Å². The van der Waals surface area contributed by atoms with E-state index in [1.54, 1.807) is 0 Å². The molecule has 0 atom stereocenters. The second kappa shape index (κ2) is 4.92. The van der Waals surface area contributed by atoms with Gasteiger partial charge >= 0.3 is 0 Å². The van der Waals surface area contributed by atoms with Crippen LogP contribution in [0.1, 0.15) is 0 Å². The molecule has 18 heavy (non-hydrogen) atoms. The molecule has 0 N–H and O–H groups in total. The Morgan fingerprint density at radius 2 is 1.56 bits per heavy atom. The van der Waals surface area contributed by atoms with Gasteiger partial charge in [0.15, 0.2) is 0 Å². The van der Waals surface area contributed by atoms with Gasteiger partial charge in [0.1, 0.15) is 0 Å². The van der Waals surface area contributed by atoms with Gasteiger partial charge in [-0.1, -0.05) is 60.7 Å². The summed E-state index contributed by atoms with van der Waals surface area (Å²) in [6.45, 7) is 0.931. The summed E-state index contributed by atoms with van der Waals surface area (Å²) in [4.78, 5) is 2.27. The maximum Gasteiger partial charge on any atom is 0.0488 e. The monoisotopic (exact) mass is 233 g/mol. The lowest BCUT2D eigenvalue weighted by Gasteiger charge is -2.23. The molecule has 1 aliphatic rings. The van der Waals surface area contributed by atoms with E-state index >= 15 is 0 Å². The number of allylic oxidation sites excluding steroid dienone is 2. The van der Waals surface area contributed by atoms with E-state index in [4.69, 9.17) is 0 Å². The van der Waals surface area contributed by atoms with Gasteiger partial charge in [0.25, 0.3) is 0 Å². The van der Waals surface area contributed by atoms with E-state index in [0.717, 1.165) is 6.54 Å². The molecule has 0 aliphatic carbocycles. The predicted octanol–water partition coefficient (Wildman–Crippen LogP) is 4.24. The largest absolute Gasteiger partial charge is 0.344 e. The molecule has 1 heterocycles. The van der Waals surface area contributed by atoms with Gasteiger partial charge in [-0.15, -0.1) is 0 Å². The van der Waals surface area contributed by atoms with Gasteiger partial charge in [-0.05, 0) is 17.7 Å². The van der Waals surface area contributed by atoms with Crippen molar-refractivity contribution in [2.24, 2.45) is 0 Å². The van der Waals surface area contributed by atoms with Crippen LogP contribution < -0.4 is 4.90 Å². The Kier molecular flexibility index (Phi) is 2.97. The fourth-order valence-corrected chi connectivity index (χ4v) is 2.23. The first-order valence-electron chi connectivity index (χ1n) is 6.19. The third-order valence-corrected chi connectivity index (χ3v) is 3.11. The summed E-state index contributed by atoms with van der Waals surface area (Å²) in [7, 11) is 0. The molecule has 0 spiro atoms. The Morgan fingerprint density at radius 3 is 2.33 bits per heavy atom. The molecule has 0 radical (unpaired) electrons. The molecule has 1 nitrogen and oxygen atoms in total. The third kappa shape index (κ3) is 2.07. The van der Waals surface area contributed by atoms with Crippen LogP contribution in [0, 0.1) is 0 Å². The number of benzene rings is 2. The first-order chi connectivity index (χ1) is 8.95. The van der Waals surface area contributed by atoms with E-state index in [1.165, 1.54) is 16.8 Å². The molecule has 1 heteroatoms. The lowest BCUT2D eigenvalue weighted by atomic mass is 10.0. The van der Waals surface area contributed by atoms with Gasteiger partial charge in [-0.2, -0.15) is 0 Å². The van der Waals surface area contributed by atoms with E-state index in [9.17, 15) is 0 Å². The second-order valence-corrected chi connectivity index (χ2v) is 4.31. The van der Waals surface area contributed by atoms with Crippen LogP contribution in [-0.4, -0.2) is 6.54 Å². The van der Waals surface area contributed by atoms with Crippen molar-refractivity contribution in [1.82, 2.24) is 0 Å². The summed E-state index contributed by atoms with van der Waals surface area (Å²) in [5.41, 5.74) is 3.79. The van der Waals surface area contributed by atoms with E-state index in [1.807, 2.05) is 0 Å². The van der Waals surface area contributed by atoms with Gasteiger partial charge < -0.3 is 4.90 Å². The van der Waals surface area contributed by atoms with Crippen LogP contribution >= 0.6 is 0 Å². The summed E-state index contributed by atoms with van der Waals surface area (Å²) in [6.07, 6.45) is 8.45. The van der Waals surface area contributed by atoms with E-state index in [-0.39, 0.29) is 0 Å². The lowest BCUT2D eigenvalue weighted by molar-refractivity contribution is 1.07. The Bertz CT molecular complexity index is 582. The molecule has 3 rings (SSSR count).